The van der Waals surface area contributed by atoms with Gasteiger partial charge in [-0.1, -0.05) is 13.8 Å². The number of carboxylic acid groups (broad SMARTS) is 1. The van der Waals surface area contributed by atoms with E-state index in [-0.39, 0.29) is 11.2 Å². The normalized spacial score (nSPS) is 11.4. The second-order valence-corrected chi connectivity index (χ2v) is 3.87. The summed E-state index contributed by atoms with van der Waals surface area (Å²) in [6, 6.07) is 0. The summed E-state index contributed by atoms with van der Waals surface area (Å²) in [6.45, 7) is 3.72. The number of thioether (sulfide) groups is 1. The third-order valence-electron chi connectivity index (χ3n) is 0.968. The van der Waals surface area contributed by atoms with Crippen molar-refractivity contribution in [2.75, 3.05) is 0 Å². The molecule has 9 heavy (non-hydrogen) atoms. The van der Waals surface area contributed by atoms with E-state index in [9.17, 15) is 4.79 Å². The molecule has 0 atom stereocenters. The maximum Gasteiger partial charge on any atom is 0.304 e. The molecule has 0 rings (SSSR count). The van der Waals surface area contributed by atoms with E-state index in [4.69, 9.17) is 5.11 Å². The monoisotopic (exact) mass is 147 g/mol. The van der Waals surface area contributed by atoms with Crippen LogP contribution in [0.4, 0.5) is 0 Å². The molecular weight excluding hydrogens is 136 g/mol. The fraction of sp³-hybridized carbons (Fsp3) is 0.667. The second kappa shape index (κ2) is 3.11. The summed E-state index contributed by atoms with van der Waals surface area (Å²) in [5.41, 5.74) is 0. The molecule has 0 heterocycles. The van der Waals surface area contributed by atoms with Crippen LogP contribution in [0.2, 0.25) is 0 Å². The Morgan fingerprint density at radius 3 is 2.33 bits per heavy atom. The molecule has 3 heteroatoms. The molecule has 0 saturated carbocycles. The van der Waals surface area contributed by atoms with Gasteiger partial charge in [-0.2, -0.15) is 11.8 Å². The van der Waals surface area contributed by atoms with Gasteiger partial charge in [-0.15, -0.1) is 0 Å². The van der Waals surface area contributed by atoms with Crippen molar-refractivity contribution in [1.29, 1.82) is 0 Å². The van der Waals surface area contributed by atoms with Crippen LogP contribution in [0.5, 0.6) is 0 Å². The number of carbonyl (C=O) groups is 1. The van der Waals surface area contributed by atoms with E-state index in [0.29, 0.717) is 0 Å². The highest BCUT2D eigenvalue weighted by Crippen LogP contribution is 2.25. The van der Waals surface area contributed by atoms with Crippen LogP contribution in [0.1, 0.15) is 20.3 Å². The zero-order valence-corrected chi connectivity index (χ0v) is 6.49. The minimum atomic E-state index is -0.767. The Morgan fingerprint density at radius 2 is 2.22 bits per heavy atom. The minimum Gasteiger partial charge on any atom is -0.481 e. The lowest BCUT2D eigenvalue weighted by atomic mass is 10.1. The van der Waals surface area contributed by atoms with Gasteiger partial charge in [0.1, 0.15) is 0 Å². The number of carboxylic acids is 1. The molecule has 2 nitrogen and oxygen atoms in total. The lowest BCUT2D eigenvalue weighted by Gasteiger charge is -2.17. The van der Waals surface area contributed by atoms with E-state index < -0.39 is 5.97 Å². The van der Waals surface area contributed by atoms with Crippen molar-refractivity contribution in [3.05, 3.63) is 6.26 Å². The lowest BCUT2D eigenvalue weighted by Crippen LogP contribution is -2.18. The summed E-state index contributed by atoms with van der Waals surface area (Å²) >= 11 is 1.32. The van der Waals surface area contributed by atoms with Gasteiger partial charge in [-0.05, 0) is 0 Å². The molecule has 53 valence electrons. The number of hydrogen-bond acceptors (Lipinski definition) is 2. The standard InChI is InChI=1S/C6H11O2S/c1-6(2,9-3)4-5(7)8/h3-4H2,1-2H3,(H,7,8). The van der Waals surface area contributed by atoms with Gasteiger partial charge in [0.25, 0.3) is 0 Å². The Bertz CT molecular complexity index is 110. The average molecular weight is 147 g/mol. The van der Waals surface area contributed by atoms with Gasteiger partial charge < -0.3 is 5.11 Å². The highest BCUT2D eigenvalue weighted by atomic mass is 32.2. The Kier molecular flexibility index (Phi) is 3.04. The van der Waals surface area contributed by atoms with E-state index in [1.165, 1.54) is 11.8 Å². The molecule has 1 N–H and O–H groups in total. The van der Waals surface area contributed by atoms with Crippen LogP contribution < -0.4 is 0 Å². The third kappa shape index (κ3) is 4.33. The molecule has 0 amide bonds. The van der Waals surface area contributed by atoms with Gasteiger partial charge in [0.2, 0.25) is 0 Å². The maximum absolute atomic E-state index is 10.1. The van der Waals surface area contributed by atoms with Gasteiger partial charge in [-0.25, -0.2) is 0 Å². The molecule has 0 aromatic heterocycles. The Morgan fingerprint density at radius 1 is 1.78 bits per heavy atom. The highest BCUT2D eigenvalue weighted by molar-refractivity contribution is 8.01. The molecule has 0 aliphatic carbocycles. The van der Waals surface area contributed by atoms with E-state index in [1.807, 2.05) is 13.8 Å². The largest absolute Gasteiger partial charge is 0.481 e. The summed E-state index contributed by atoms with van der Waals surface area (Å²) in [7, 11) is 0. The smallest absolute Gasteiger partial charge is 0.304 e. The fourth-order valence-electron chi connectivity index (χ4n) is 0.415. The molecule has 0 aromatic rings. The van der Waals surface area contributed by atoms with Gasteiger partial charge in [0, 0.05) is 11.0 Å². The first kappa shape index (κ1) is 8.82. The Labute approximate surface area is 59.6 Å². The van der Waals surface area contributed by atoms with Gasteiger partial charge in [0.05, 0.1) is 6.42 Å². The van der Waals surface area contributed by atoms with Crippen molar-refractivity contribution in [3.8, 4) is 0 Å². The van der Waals surface area contributed by atoms with Crippen LogP contribution in [-0.2, 0) is 4.79 Å². The molecule has 0 aliphatic heterocycles. The molecule has 1 radical (unpaired) electrons. The van der Waals surface area contributed by atoms with Crippen molar-refractivity contribution in [2.45, 2.75) is 25.0 Å². The van der Waals surface area contributed by atoms with Crippen molar-refractivity contribution in [2.24, 2.45) is 0 Å². The van der Waals surface area contributed by atoms with Crippen molar-refractivity contribution in [1.82, 2.24) is 0 Å². The summed E-state index contributed by atoms with van der Waals surface area (Å²) in [4.78, 5) is 10.1. The van der Waals surface area contributed by atoms with E-state index >= 15 is 0 Å². The molecule has 0 bridgehead atoms. The highest BCUT2D eigenvalue weighted by Gasteiger charge is 2.19. The van der Waals surface area contributed by atoms with Crippen LogP contribution >= 0.6 is 11.8 Å². The molecule has 0 saturated heterocycles. The van der Waals surface area contributed by atoms with Gasteiger partial charge in [0.15, 0.2) is 0 Å². The SMILES string of the molecule is [CH2]SC(C)(C)CC(=O)O. The quantitative estimate of drug-likeness (QED) is 0.661. The molecule has 0 spiro atoms. The van der Waals surface area contributed by atoms with E-state index in [0.717, 1.165) is 0 Å². The topological polar surface area (TPSA) is 37.3 Å². The number of hydrogen-bond donors (Lipinski definition) is 1. The zero-order valence-electron chi connectivity index (χ0n) is 5.68. The summed E-state index contributed by atoms with van der Waals surface area (Å²) in [5, 5.41) is 8.34. The fourth-order valence-corrected chi connectivity index (χ4v) is 0.641. The molecular formula is C6H11O2S. The average Bonchev–Trinajstić information content (AvgIpc) is 1.63. The first-order chi connectivity index (χ1) is 3.98. The molecule has 0 aliphatic rings. The summed E-state index contributed by atoms with van der Waals surface area (Å²) in [6.07, 6.45) is 3.73. The van der Waals surface area contributed by atoms with Gasteiger partial charge >= 0.3 is 5.97 Å². The predicted octanol–water partition coefficient (Wildman–Crippen LogP) is 1.76. The number of rotatable bonds is 3. The van der Waals surface area contributed by atoms with Crippen molar-refractivity contribution >= 4 is 17.7 Å². The predicted molar refractivity (Wildman–Crippen MR) is 39.3 cm³/mol. The van der Waals surface area contributed by atoms with E-state index in [2.05, 4.69) is 6.26 Å². The minimum absolute atomic E-state index is 0.168. The van der Waals surface area contributed by atoms with Crippen LogP contribution in [0.25, 0.3) is 0 Å². The Hall–Kier alpha value is -0.180. The first-order valence-corrected chi connectivity index (χ1v) is 3.61. The lowest BCUT2D eigenvalue weighted by molar-refractivity contribution is -0.137. The molecule has 0 fully saturated rings. The maximum atomic E-state index is 10.1. The second-order valence-electron chi connectivity index (χ2n) is 2.47. The Balaban J connectivity index is 3.71. The summed E-state index contributed by atoms with van der Waals surface area (Å²) in [5.74, 6) is -0.767. The first-order valence-electron chi connectivity index (χ1n) is 2.63. The van der Waals surface area contributed by atoms with Crippen molar-refractivity contribution in [3.63, 3.8) is 0 Å². The van der Waals surface area contributed by atoms with Crippen LogP contribution in [0, 0.1) is 6.26 Å². The molecule has 0 aromatic carbocycles. The number of aliphatic carboxylic acids is 1. The van der Waals surface area contributed by atoms with Crippen molar-refractivity contribution < 1.29 is 9.90 Å². The van der Waals surface area contributed by atoms with Crippen LogP contribution in [0.3, 0.4) is 0 Å². The zero-order chi connectivity index (χ0) is 7.49. The summed E-state index contributed by atoms with van der Waals surface area (Å²) < 4.78 is -0.230. The van der Waals surface area contributed by atoms with Gasteiger partial charge in [-0.3, -0.25) is 4.79 Å². The third-order valence-corrected chi connectivity index (χ3v) is 1.89. The van der Waals surface area contributed by atoms with Crippen LogP contribution in [0.15, 0.2) is 0 Å². The van der Waals surface area contributed by atoms with Crippen LogP contribution in [-0.4, -0.2) is 15.8 Å². The molecule has 0 unspecified atom stereocenters. The van der Waals surface area contributed by atoms with E-state index in [1.54, 1.807) is 0 Å².